The van der Waals surface area contributed by atoms with Gasteiger partial charge in [-0.15, -0.1) is 0 Å². The quantitative estimate of drug-likeness (QED) is 0.677. The minimum absolute atomic E-state index is 0.182. The SMILES string of the molecule is Oc1cccc(Nc2nccc(N3CCCc4c(O)cccc43)n2)c1. The van der Waals surface area contributed by atoms with Gasteiger partial charge in [-0.1, -0.05) is 12.1 Å². The molecule has 25 heavy (non-hydrogen) atoms. The van der Waals surface area contributed by atoms with E-state index in [2.05, 4.69) is 20.2 Å². The molecule has 1 aliphatic heterocycles. The summed E-state index contributed by atoms with van der Waals surface area (Å²) in [5.41, 5.74) is 2.65. The summed E-state index contributed by atoms with van der Waals surface area (Å²) in [6, 6.07) is 14.2. The van der Waals surface area contributed by atoms with E-state index in [0.29, 0.717) is 17.4 Å². The zero-order valence-corrected chi connectivity index (χ0v) is 13.6. The van der Waals surface area contributed by atoms with Crippen LogP contribution in [0.2, 0.25) is 0 Å². The van der Waals surface area contributed by atoms with Gasteiger partial charge in [-0.3, -0.25) is 0 Å². The third kappa shape index (κ3) is 3.06. The minimum Gasteiger partial charge on any atom is -0.508 e. The molecule has 3 N–H and O–H groups in total. The average molecular weight is 334 g/mol. The summed E-state index contributed by atoms with van der Waals surface area (Å²) < 4.78 is 0. The van der Waals surface area contributed by atoms with E-state index in [9.17, 15) is 10.2 Å². The van der Waals surface area contributed by atoms with Gasteiger partial charge in [0.25, 0.3) is 0 Å². The Labute approximate surface area is 145 Å². The van der Waals surface area contributed by atoms with Gasteiger partial charge in [-0.05, 0) is 43.2 Å². The highest BCUT2D eigenvalue weighted by atomic mass is 16.3. The molecule has 0 radical (unpaired) electrons. The van der Waals surface area contributed by atoms with E-state index in [0.717, 1.165) is 36.5 Å². The number of anilines is 4. The van der Waals surface area contributed by atoms with Gasteiger partial charge in [0.2, 0.25) is 5.95 Å². The molecule has 2 aromatic carbocycles. The van der Waals surface area contributed by atoms with Crippen LogP contribution in [0.3, 0.4) is 0 Å². The Morgan fingerprint density at radius 2 is 1.92 bits per heavy atom. The van der Waals surface area contributed by atoms with Gasteiger partial charge >= 0.3 is 0 Å². The van der Waals surface area contributed by atoms with E-state index in [4.69, 9.17) is 0 Å². The molecule has 6 nitrogen and oxygen atoms in total. The van der Waals surface area contributed by atoms with Gasteiger partial charge in [0.15, 0.2) is 0 Å². The summed E-state index contributed by atoms with van der Waals surface area (Å²) in [6.45, 7) is 0.832. The normalized spacial score (nSPS) is 13.4. The Balaban J connectivity index is 1.66. The van der Waals surface area contributed by atoms with Crippen LogP contribution in [-0.2, 0) is 6.42 Å². The highest BCUT2D eigenvalue weighted by Gasteiger charge is 2.21. The van der Waals surface area contributed by atoms with Crippen molar-refractivity contribution in [3.63, 3.8) is 0 Å². The molecule has 0 aliphatic carbocycles. The second-order valence-electron chi connectivity index (χ2n) is 5.94. The Morgan fingerprint density at radius 1 is 1.04 bits per heavy atom. The molecule has 4 rings (SSSR count). The van der Waals surface area contributed by atoms with Crippen molar-refractivity contribution in [2.24, 2.45) is 0 Å². The van der Waals surface area contributed by atoms with Crippen LogP contribution in [0.25, 0.3) is 0 Å². The van der Waals surface area contributed by atoms with E-state index in [1.165, 1.54) is 0 Å². The maximum Gasteiger partial charge on any atom is 0.229 e. The number of phenolic OH excluding ortho intramolecular Hbond substituents is 2. The fraction of sp³-hybridized carbons (Fsp3) is 0.158. The van der Waals surface area contributed by atoms with E-state index < -0.39 is 0 Å². The van der Waals surface area contributed by atoms with Crippen molar-refractivity contribution in [2.45, 2.75) is 12.8 Å². The first-order valence-corrected chi connectivity index (χ1v) is 8.18. The number of rotatable bonds is 3. The fourth-order valence-corrected chi connectivity index (χ4v) is 3.12. The first kappa shape index (κ1) is 15.3. The van der Waals surface area contributed by atoms with E-state index in [1.54, 1.807) is 30.5 Å². The van der Waals surface area contributed by atoms with Gasteiger partial charge in [-0.2, -0.15) is 4.98 Å². The average Bonchev–Trinajstić information content (AvgIpc) is 2.62. The number of phenols is 2. The first-order valence-electron chi connectivity index (χ1n) is 8.18. The highest BCUT2D eigenvalue weighted by Crippen LogP contribution is 2.37. The van der Waals surface area contributed by atoms with Crippen molar-refractivity contribution in [3.05, 3.63) is 60.3 Å². The van der Waals surface area contributed by atoms with Crippen LogP contribution >= 0.6 is 0 Å². The Kier molecular flexibility index (Phi) is 3.85. The summed E-state index contributed by atoms with van der Waals surface area (Å²) in [5.74, 6) is 1.73. The second kappa shape index (κ2) is 6.32. The smallest absolute Gasteiger partial charge is 0.229 e. The summed E-state index contributed by atoms with van der Waals surface area (Å²) in [5, 5.41) is 22.8. The molecule has 0 unspecified atom stereocenters. The molecule has 3 aromatic rings. The van der Waals surface area contributed by atoms with Gasteiger partial charge < -0.3 is 20.4 Å². The zero-order valence-electron chi connectivity index (χ0n) is 13.6. The monoisotopic (exact) mass is 334 g/mol. The van der Waals surface area contributed by atoms with Gasteiger partial charge in [-0.25, -0.2) is 4.98 Å². The molecule has 0 bridgehead atoms. The standard InChI is InChI=1S/C19H18N4O2/c24-14-5-1-4-13(12-14)21-19-20-10-9-18(22-19)23-11-3-6-15-16(23)7-2-8-17(15)25/h1-2,4-5,7-10,12,24-25H,3,6,11H2,(H,20,21,22). The summed E-state index contributed by atoms with van der Waals surface area (Å²) >= 11 is 0. The number of nitrogens with one attached hydrogen (secondary N) is 1. The summed E-state index contributed by atoms with van der Waals surface area (Å²) in [7, 11) is 0. The van der Waals surface area contributed by atoms with Crippen molar-refractivity contribution < 1.29 is 10.2 Å². The number of fused-ring (bicyclic) bond motifs is 1. The Bertz CT molecular complexity index is 913. The topological polar surface area (TPSA) is 81.5 Å². The Morgan fingerprint density at radius 3 is 2.80 bits per heavy atom. The van der Waals surface area contributed by atoms with Crippen molar-refractivity contribution in [1.82, 2.24) is 9.97 Å². The lowest BCUT2D eigenvalue weighted by molar-refractivity contribution is 0.465. The number of aromatic hydroxyl groups is 2. The molecule has 2 heterocycles. The number of hydrogen-bond acceptors (Lipinski definition) is 6. The van der Waals surface area contributed by atoms with Crippen LogP contribution in [0.15, 0.2) is 54.7 Å². The van der Waals surface area contributed by atoms with Crippen LogP contribution in [-0.4, -0.2) is 26.7 Å². The molecular formula is C19H18N4O2. The largest absolute Gasteiger partial charge is 0.508 e. The molecule has 0 atom stereocenters. The fourth-order valence-electron chi connectivity index (χ4n) is 3.12. The Hall–Kier alpha value is -3.28. The van der Waals surface area contributed by atoms with Crippen molar-refractivity contribution in [1.29, 1.82) is 0 Å². The number of aromatic nitrogens is 2. The maximum absolute atomic E-state index is 10.1. The third-order valence-corrected chi connectivity index (χ3v) is 4.25. The molecule has 0 amide bonds. The minimum atomic E-state index is 0.182. The molecule has 0 fully saturated rings. The summed E-state index contributed by atoms with van der Waals surface area (Å²) in [6.07, 6.45) is 3.51. The molecular weight excluding hydrogens is 316 g/mol. The van der Waals surface area contributed by atoms with Crippen LogP contribution in [0.5, 0.6) is 11.5 Å². The lowest BCUT2D eigenvalue weighted by atomic mass is 10.0. The van der Waals surface area contributed by atoms with Crippen molar-refractivity contribution >= 4 is 23.1 Å². The molecule has 1 aliphatic rings. The molecule has 0 saturated heterocycles. The molecule has 1 aromatic heterocycles. The van der Waals surface area contributed by atoms with Crippen molar-refractivity contribution in [2.75, 3.05) is 16.8 Å². The summed E-state index contributed by atoms with van der Waals surface area (Å²) in [4.78, 5) is 10.9. The molecule has 0 spiro atoms. The lowest BCUT2D eigenvalue weighted by Gasteiger charge is -2.30. The zero-order chi connectivity index (χ0) is 17.2. The van der Waals surface area contributed by atoms with Crippen LogP contribution < -0.4 is 10.2 Å². The lowest BCUT2D eigenvalue weighted by Crippen LogP contribution is -2.25. The maximum atomic E-state index is 10.1. The van der Waals surface area contributed by atoms with Crippen LogP contribution in [0, 0.1) is 0 Å². The van der Waals surface area contributed by atoms with Crippen LogP contribution in [0.4, 0.5) is 23.1 Å². The number of hydrogen-bond donors (Lipinski definition) is 3. The van der Waals surface area contributed by atoms with Crippen molar-refractivity contribution in [3.8, 4) is 11.5 Å². The first-order chi connectivity index (χ1) is 12.2. The van der Waals surface area contributed by atoms with Gasteiger partial charge in [0.1, 0.15) is 17.3 Å². The van der Waals surface area contributed by atoms with E-state index >= 15 is 0 Å². The van der Waals surface area contributed by atoms with Gasteiger partial charge in [0, 0.05) is 35.7 Å². The molecule has 0 saturated carbocycles. The molecule has 6 heteroatoms. The third-order valence-electron chi connectivity index (χ3n) is 4.25. The van der Waals surface area contributed by atoms with Gasteiger partial charge in [0.05, 0.1) is 0 Å². The second-order valence-corrected chi connectivity index (χ2v) is 5.94. The highest BCUT2D eigenvalue weighted by molar-refractivity contribution is 5.69. The van der Waals surface area contributed by atoms with Crippen LogP contribution in [0.1, 0.15) is 12.0 Å². The van der Waals surface area contributed by atoms with E-state index in [-0.39, 0.29) is 5.75 Å². The molecule has 126 valence electrons. The number of nitrogens with zero attached hydrogens (tertiary/aromatic N) is 3. The predicted octanol–water partition coefficient (Wildman–Crippen LogP) is 3.72. The number of benzene rings is 2. The van der Waals surface area contributed by atoms with E-state index in [1.807, 2.05) is 24.3 Å². The predicted molar refractivity (Wildman–Crippen MR) is 96.9 cm³/mol.